The van der Waals surface area contributed by atoms with E-state index in [-0.39, 0.29) is 18.8 Å². The van der Waals surface area contributed by atoms with Gasteiger partial charge in [-0.2, -0.15) is 0 Å². The molecule has 0 fully saturated rings. The molecule has 0 aliphatic heterocycles. The summed E-state index contributed by atoms with van der Waals surface area (Å²) in [7, 11) is -2.02. The molecular formula is C7H16NO4P. The number of nitrogens with one attached hydrogen (secondary N) is 1. The molecule has 5 nitrogen and oxygen atoms in total. The van der Waals surface area contributed by atoms with Crippen LogP contribution in [0, 0.1) is 0 Å². The minimum absolute atomic E-state index is 0.0807. The fourth-order valence-corrected chi connectivity index (χ4v) is 1.44. The largest absolute Gasteiger partial charge is 0.465 e. The van der Waals surface area contributed by atoms with Crippen molar-refractivity contribution in [1.29, 1.82) is 0 Å². The minimum Gasteiger partial charge on any atom is -0.465 e. The summed E-state index contributed by atoms with van der Waals surface area (Å²) in [5.74, 6) is -0.339. The third-order valence-electron chi connectivity index (χ3n) is 1.15. The van der Waals surface area contributed by atoms with E-state index in [9.17, 15) is 9.36 Å². The first-order valence-electron chi connectivity index (χ1n) is 4.22. The lowest BCUT2D eigenvalue weighted by Gasteiger charge is -2.04. The molecule has 0 saturated carbocycles. The summed E-state index contributed by atoms with van der Waals surface area (Å²) in [6, 6.07) is 0. The van der Waals surface area contributed by atoms with Crippen LogP contribution in [0.1, 0.15) is 13.8 Å². The van der Waals surface area contributed by atoms with Crippen LogP contribution in [0.25, 0.3) is 0 Å². The lowest BCUT2D eigenvalue weighted by atomic mass is 10.6. The number of carbonyl (C=O) groups is 1. The molecule has 6 heteroatoms. The Morgan fingerprint density at radius 1 is 1.38 bits per heavy atom. The second-order valence-electron chi connectivity index (χ2n) is 2.21. The molecule has 0 amide bonds. The second kappa shape index (κ2) is 8.23. The van der Waals surface area contributed by atoms with Crippen molar-refractivity contribution in [2.75, 3.05) is 26.0 Å². The summed E-state index contributed by atoms with van der Waals surface area (Å²) in [6.45, 7) is 4.38. The van der Waals surface area contributed by atoms with E-state index in [2.05, 4.69) is 10.1 Å². The summed E-state index contributed by atoms with van der Waals surface area (Å²) >= 11 is 0. The molecular weight excluding hydrogens is 193 g/mol. The zero-order valence-corrected chi connectivity index (χ0v) is 8.96. The molecule has 0 aromatic heterocycles. The second-order valence-corrected chi connectivity index (χ2v) is 3.60. The normalized spacial score (nSPS) is 12.5. The van der Waals surface area contributed by atoms with Gasteiger partial charge in [-0.15, -0.1) is 0 Å². The van der Waals surface area contributed by atoms with Gasteiger partial charge in [0, 0.05) is 0 Å². The van der Waals surface area contributed by atoms with Gasteiger partial charge in [-0.25, -0.2) is 0 Å². The Morgan fingerprint density at radius 2 is 2.08 bits per heavy atom. The molecule has 0 aliphatic carbocycles. The monoisotopic (exact) mass is 209 g/mol. The summed E-state index contributed by atoms with van der Waals surface area (Å²) in [5.41, 5.74) is 0. The first-order chi connectivity index (χ1) is 6.20. The van der Waals surface area contributed by atoms with Gasteiger partial charge in [0.2, 0.25) is 8.03 Å². The Labute approximate surface area is 78.7 Å². The van der Waals surface area contributed by atoms with Gasteiger partial charge in [0.15, 0.2) is 0 Å². The van der Waals surface area contributed by atoms with E-state index in [1.54, 1.807) is 13.8 Å². The number of carbonyl (C=O) groups excluding carboxylic acids is 1. The molecule has 1 atom stereocenters. The highest BCUT2D eigenvalue weighted by Crippen LogP contribution is 2.18. The number of ether oxygens (including phenoxy) is 1. The van der Waals surface area contributed by atoms with Crippen LogP contribution in [0.5, 0.6) is 0 Å². The van der Waals surface area contributed by atoms with Crippen molar-refractivity contribution < 1.29 is 18.6 Å². The average molecular weight is 209 g/mol. The van der Waals surface area contributed by atoms with Crippen molar-refractivity contribution in [3.63, 3.8) is 0 Å². The van der Waals surface area contributed by atoms with Crippen LogP contribution in [-0.2, 0) is 18.6 Å². The number of hydrogen-bond donors (Lipinski definition) is 1. The van der Waals surface area contributed by atoms with Crippen molar-refractivity contribution in [2.45, 2.75) is 13.8 Å². The lowest BCUT2D eigenvalue weighted by molar-refractivity contribution is -0.141. The molecule has 0 saturated heterocycles. The summed E-state index contributed by atoms with van der Waals surface area (Å²) in [4.78, 5) is 10.8. The smallest absolute Gasteiger partial charge is 0.319 e. The van der Waals surface area contributed by atoms with Crippen molar-refractivity contribution >= 4 is 14.0 Å². The van der Waals surface area contributed by atoms with E-state index in [0.29, 0.717) is 13.2 Å². The Bertz CT molecular complexity index is 156. The summed E-state index contributed by atoms with van der Waals surface area (Å²) < 4.78 is 20.4. The lowest BCUT2D eigenvalue weighted by Crippen LogP contribution is -2.24. The fourth-order valence-electron chi connectivity index (χ4n) is 0.691. The van der Waals surface area contributed by atoms with E-state index in [0.717, 1.165) is 0 Å². The topological polar surface area (TPSA) is 64.6 Å². The highest BCUT2D eigenvalue weighted by Gasteiger charge is 2.02. The van der Waals surface area contributed by atoms with Crippen molar-refractivity contribution in [3.05, 3.63) is 0 Å². The van der Waals surface area contributed by atoms with Gasteiger partial charge in [0.05, 0.1) is 26.0 Å². The molecule has 1 unspecified atom stereocenters. The first-order valence-corrected chi connectivity index (χ1v) is 5.75. The highest BCUT2D eigenvalue weighted by molar-refractivity contribution is 7.39. The van der Waals surface area contributed by atoms with Crippen molar-refractivity contribution in [3.8, 4) is 0 Å². The van der Waals surface area contributed by atoms with Crippen LogP contribution in [0.2, 0.25) is 0 Å². The van der Waals surface area contributed by atoms with Crippen molar-refractivity contribution in [2.24, 2.45) is 0 Å². The molecule has 0 rings (SSSR count). The van der Waals surface area contributed by atoms with Crippen LogP contribution < -0.4 is 5.32 Å². The molecule has 0 spiro atoms. The molecule has 0 heterocycles. The molecule has 13 heavy (non-hydrogen) atoms. The third-order valence-corrected chi connectivity index (χ3v) is 2.30. The Hall–Kier alpha value is -0.380. The Kier molecular flexibility index (Phi) is 7.99. The van der Waals surface area contributed by atoms with Crippen LogP contribution in [0.3, 0.4) is 0 Å². The quantitative estimate of drug-likeness (QED) is 0.491. The number of esters is 1. The average Bonchev–Trinajstić information content (AvgIpc) is 2.05. The molecule has 0 aromatic carbocycles. The molecule has 0 bridgehead atoms. The van der Waals surface area contributed by atoms with Gasteiger partial charge < -0.3 is 9.26 Å². The predicted octanol–water partition coefficient (Wildman–Crippen LogP) is 0.608. The van der Waals surface area contributed by atoms with E-state index < -0.39 is 8.03 Å². The van der Waals surface area contributed by atoms with Crippen LogP contribution in [-0.4, -0.2) is 32.0 Å². The standard InChI is InChI=1S/C7H16NO4P/c1-3-11-7(9)5-8-6-13(10)12-4-2/h8,13H,3-6H2,1-2H3. The zero-order chi connectivity index (χ0) is 10.1. The van der Waals surface area contributed by atoms with Crippen molar-refractivity contribution in [1.82, 2.24) is 5.32 Å². The van der Waals surface area contributed by atoms with E-state index in [1.807, 2.05) is 0 Å². The number of hydrogen-bond acceptors (Lipinski definition) is 5. The maximum atomic E-state index is 10.9. The van der Waals surface area contributed by atoms with Crippen LogP contribution in [0.15, 0.2) is 0 Å². The maximum Gasteiger partial charge on any atom is 0.319 e. The van der Waals surface area contributed by atoms with E-state index in [4.69, 9.17) is 4.52 Å². The highest BCUT2D eigenvalue weighted by atomic mass is 31.1. The van der Waals surface area contributed by atoms with Gasteiger partial charge in [0.1, 0.15) is 0 Å². The predicted molar refractivity (Wildman–Crippen MR) is 50.1 cm³/mol. The maximum absolute atomic E-state index is 10.9. The Morgan fingerprint density at radius 3 is 2.62 bits per heavy atom. The third kappa shape index (κ3) is 7.96. The minimum atomic E-state index is -2.02. The molecule has 1 N–H and O–H groups in total. The SMILES string of the molecule is CCOC(=O)CNC[PH](=O)OCC. The molecule has 78 valence electrons. The van der Waals surface area contributed by atoms with Crippen LogP contribution >= 0.6 is 8.03 Å². The summed E-state index contributed by atoms with van der Waals surface area (Å²) in [6.07, 6.45) is 0.220. The molecule has 0 aromatic rings. The van der Waals surface area contributed by atoms with Gasteiger partial charge >= 0.3 is 5.97 Å². The van der Waals surface area contributed by atoms with Gasteiger partial charge in [0.25, 0.3) is 0 Å². The van der Waals surface area contributed by atoms with E-state index in [1.165, 1.54) is 0 Å². The number of rotatable bonds is 7. The fraction of sp³-hybridized carbons (Fsp3) is 0.857. The Balaban J connectivity index is 3.33. The van der Waals surface area contributed by atoms with E-state index >= 15 is 0 Å². The molecule has 0 aliphatic rings. The van der Waals surface area contributed by atoms with Gasteiger partial charge in [-0.05, 0) is 13.8 Å². The summed E-state index contributed by atoms with van der Waals surface area (Å²) in [5, 5.41) is 2.69. The van der Waals surface area contributed by atoms with Crippen LogP contribution in [0.4, 0.5) is 0 Å². The first kappa shape index (κ1) is 12.6. The van der Waals surface area contributed by atoms with Gasteiger partial charge in [-0.1, -0.05) is 0 Å². The molecule has 0 radical (unpaired) electrons. The van der Waals surface area contributed by atoms with Gasteiger partial charge in [-0.3, -0.25) is 14.7 Å². The zero-order valence-electron chi connectivity index (χ0n) is 7.96.